The molecule has 0 aliphatic heterocycles. The van der Waals surface area contributed by atoms with Crippen LogP contribution in [0.2, 0.25) is 0 Å². The molecule has 0 unspecified atom stereocenters. The molecule has 18 heavy (non-hydrogen) atoms. The van der Waals surface area contributed by atoms with E-state index in [0.29, 0.717) is 5.57 Å². The molecule has 0 spiro atoms. The molecule has 0 saturated carbocycles. The smallest absolute Gasteiger partial charge is 0.134 e. The molecule has 2 rings (SSSR count). The van der Waals surface area contributed by atoms with Crippen LogP contribution in [0, 0.1) is 32.1 Å². The third kappa shape index (κ3) is 2.49. The van der Waals surface area contributed by atoms with Crippen LogP contribution in [0.25, 0.3) is 11.6 Å². The molecule has 0 radical (unpaired) electrons. The van der Waals surface area contributed by atoms with Crippen LogP contribution in [0.1, 0.15) is 26.7 Å². The molecule has 0 bridgehead atoms. The predicted octanol–water partition coefficient (Wildman–Crippen LogP) is 4.13. The Hall–Kier alpha value is -1.92. The second-order valence-electron chi connectivity index (χ2n) is 4.19. The van der Waals surface area contributed by atoms with Gasteiger partial charge in [0.05, 0.1) is 11.3 Å². The molecule has 0 fully saturated rings. The highest BCUT2D eigenvalue weighted by atomic mass is 32.1. The second kappa shape index (κ2) is 5.16. The Bertz CT molecular complexity index is 625. The summed E-state index contributed by atoms with van der Waals surface area (Å²) in [5.74, 6) is 0. The molecule has 3 heteroatoms. The molecule has 2 nitrogen and oxygen atoms in total. The Kier molecular flexibility index (Phi) is 3.59. The zero-order valence-electron chi connectivity index (χ0n) is 10.7. The summed E-state index contributed by atoms with van der Waals surface area (Å²) in [6, 6.07) is 10.3. The first-order chi connectivity index (χ1) is 8.61. The Morgan fingerprint density at radius 1 is 1.28 bits per heavy atom. The maximum atomic E-state index is 9.28. The summed E-state index contributed by atoms with van der Waals surface area (Å²) >= 11 is 1.57. The zero-order chi connectivity index (χ0) is 13.1. The largest absolute Gasteiger partial charge is 0.240 e. The first-order valence-corrected chi connectivity index (χ1v) is 6.55. The minimum Gasteiger partial charge on any atom is -0.240 e. The van der Waals surface area contributed by atoms with Gasteiger partial charge >= 0.3 is 0 Å². The number of rotatable bonds is 2. The molecule has 90 valence electrons. The number of aromatic nitrogens is 1. The molecule has 0 saturated heterocycles. The Labute approximate surface area is 111 Å². The topological polar surface area (TPSA) is 36.7 Å². The van der Waals surface area contributed by atoms with Gasteiger partial charge in [-0.3, -0.25) is 0 Å². The van der Waals surface area contributed by atoms with E-state index in [2.05, 4.69) is 11.1 Å². The van der Waals surface area contributed by atoms with Gasteiger partial charge in [0.2, 0.25) is 0 Å². The lowest BCUT2D eigenvalue weighted by atomic mass is 10.1. The van der Waals surface area contributed by atoms with Gasteiger partial charge in [-0.1, -0.05) is 24.3 Å². The van der Waals surface area contributed by atoms with Gasteiger partial charge in [0.25, 0.3) is 0 Å². The number of benzene rings is 1. The van der Waals surface area contributed by atoms with Crippen molar-refractivity contribution >= 4 is 23.0 Å². The van der Waals surface area contributed by atoms with Crippen molar-refractivity contribution in [2.24, 2.45) is 0 Å². The van der Waals surface area contributed by atoms with E-state index in [0.717, 1.165) is 26.7 Å². The SMILES string of the molecule is Cc1ccccc1/C=C(\C#N)c1nc(C)c(C)s1. The molecule has 0 aliphatic carbocycles. The quantitative estimate of drug-likeness (QED) is 0.755. The highest BCUT2D eigenvalue weighted by Crippen LogP contribution is 2.25. The number of nitrogens with zero attached hydrogens (tertiary/aromatic N) is 2. The first-order valence-electron chi connectivity index (χ1n) is 5.73. The van der Waals surface area contributed by atoms with Crippen LogP contribution < -0.4 is 0 Å². The van der Waals surface area contributed by atoms with E-state index in [1.54, 1.807) is 11.3 Å². The van der Waals surface area contributed by atoms with E-state index in [-0.39, 0.29) is 0 Å². The van der Waals surface area contributed by atoms with Crippen molar-refractivity contribution < 1.29 is 0 Å². The summed E-state index contributed by atoms with van der Waals surface area (Å²) in [5, 5.41) is 10.1. The molecule has 1 aromatic heterocycles. The highest BCUT2D eigenvalue weighted by Gasteiger charge is 2.09. The van der Waals surface area contributed by atoms with Crippen LogP contribution in [-0.2, 0) is 0 Å². The summed E-state index contributed by atoms with van der Waals surface area (Å²) in [5.41, 5.74) is 3.86. The molecule has 0 amide bonds. The fraction of sp³-hybridized carbons (Fsp3) is 0.200. The summed E-state index contributed by atoms with van der Waals surface area (Å²) < 4.78 is 0. The van der Waals surface area contributed by atoms with E-state index in [1.165, 1.54) is 0 Å². The Morgan fingerprint density at radius 3 is 2.56 bits per heavy atom. The van der Waals surface area contributed by atoms with Crippen LogP contribution in [-0.4, -0.2) is 4.98 Å². The van der Waals surface area contributed by atoms with E-state index < -0.39 is 0 Å². The minimum absolute atomic E-state index is 0.630. The number of hydrogen-bond acceptors (Lipinski definition) is 3. The van der Waals surface area contributed by atoms with E-state index in [4.69, 9.17) is 0 Å². The van der Waals surface area contributed by atoms with Crippen molar-refractivity contribution in [3.05, 3.63) is 51.0 Å². The van der Waals surface area contributed by atoms with Crippen molar-refractivity contribution in [3.63, 3.8) is 0 Å². The average molecular weight is 254 g/mol. The molecule has 0 aliphatic rings. The molecule has 1 heterocycles. The number of thiazole rings is 1. The number of allylic oxidation sites excluding steroid dienone is 1. The van der Waals surface area contributed by atoms with Gasteiger partial charge in [-0.05, 0) is 38.0 Å². The van der Waals surface area contributed by atoms with Crippen LogP contribution in [0.3, 0.4) is 0 Å². The molecule has 1 aromatic carbocycles. The number of hydrogen-bond donors (Lipinski definition) is 0. The zero-order valence-corrected chi connectivity index (χ0v) is 11.5. The highest BCUT2D eigenvalue weighted by molar-refractivity contribution is 7.12. The maximum absolute atomic E-state index is 9.28. The Balaban J connectivity index is 2.47. The summed E-state index contributed by atoms with van der Waals surface area (Å²) in [6.07, 6.45) is 1.91. The summed E-state index contributed by atoms with van der Waals surface area (Å²) in [6.45, 7) is 6.04. The van der Waals surface area contributed by atoms with Crippen molar-refractivity contribution in [1.29, 1.82) is 5.26 Å². The van der Waals surface area contributed by atoms with Crippen molar-refractivity contribution in [1.82, 2.24) is 4.98 Å². The monoisotopic (exact) mass is 254 g/mol. The van der Waals surface area contributed by atoms with Gasteiger partial charge < -0.3 is 0 Å². The van der Waals surface area contributed by atoms with Gasteiger partial charge in [-0.2, -0.15) is 5.26 Å². The average Bonchev–Trinajstić information content (AvgIpc) is 2.68. The van der Waals surface area contributed by atoms with Crippen LogP contribution in [0.4, 0.5) is 0 Å². The van der Waals surface area contributed by atoms with Gasteiger partial charge in [-0.25, -0.2) is 4.98 Å². The van der Waals surface area contributed by atoms with Crippen molar-refractivity contribution in [3.8, 4) is 6.07 Å². The standard InChI is InChI=1S/C15H14N2S/c1-10-6-4-5-7-13(10)8-14(9-16)15-17-11(2)12(3)18-15/h4-8H,1-3H3/b14-8+. The van der Waals surface area contributed by atoms with Gasteiger partial charge in [-0.15, -0.1) is 11.3 Å². The summed E-state index contributed by atoms with van der Waals surface area (Å²) in [7, 11) is 0. The normalized spacial score (nSPS) is 11.3. The molecular formula is C15H14N2S. The predicted molar refractivity (Wildman–Crippen MR) is 76.3 cm³/mol. The number of nitriles is 1. The minimum atomic E-state index is 0.630. The van der Waals surface area contributed by atoms with E-state index >= 15 is 0 Å². The van der Waals surface area contributed by atoms with Crippen LogP contribution >= 0.6 is 11.3 Å². The molecule has 0 N–H and O–H groups in total. The maximum Gasteiger partial charge on any atom is 0.134 e. The molecular weight excluding hydrogens is 240 g/mol. The van der Waals surface area contributed by atoms with Gasteiger partial charge in [0.15, 0.2) is 0 Å². The van der Waals surface area contributed by atoms with Crippen molar-refractivity contribution in [2.45, 2.75) is 20.8 Å². The lowest BCUT2D eigenvalue weighted by molar-refractivity contribution is 1.21. The van der Waals surface area contributed by atoms with E-state index in [1.807, 2.05) is 51.1 Å². The molecule has 2 aromatic rings. The van der Waals surface area contributed by atoms with Crippen LogP contribution in [0.15, 0.2) is 24.3 Å². The third-order valence-electron chi connectivity index (χ3n) is 2.87. The lowest BCUT2D eigenvalue weighted by Crippen LogP contribution is -1.84. The third-order valence-corrected chi connectivity index (χ3v) is 3.97. The first kappa shape index (κ1) is 12.5. The van der Waals surface area contributed by atoms with Crippen molar-refractivity contribution in [2.75, 3.05) is 0 Å². The van der Waals surface area contributed by atoms with E-state index in [9.17, 15) is 5.26 Å². The fourth-order valence-electron chi connectivity index (χ4n) is 1.63. The van der Waals surface area contributed by atoms with Gasteiger partial charge in [0.1, 0.15) is 11.1 Å². The lowest BCUT2D eigenvalue weighted by Gasteiger charge is -1.99. The second-order valence-corrected chi connectivity index (χ2v) is 5.39. The van der Waals surface area contributed by atoms with Crippen LogP contribution in [0.5, 0.6) is 0 Å². The Morgan fingerprint density at radius 2 is 2.00 bits per heavy atom. The molecule has 0 atom stereocenters. The van der Waals surface area contributed by atoms with Gasteiger partial charge in [0, 0.05) is 4.88 Å². The summed E-state index contributed by atoms with van der Waals surface area (Å²) in [4.78, 5) is 5.60. The fourth-order valence-corrected chi connectivity index (χ4v) is 2.51. The number of aryl methyl sites for hydroxylation is 3.